The van der Waals surface area contributed by atoms with Gasteiger partial charge in [-0.25, -0.2) is 4.39 Å². The van der Waals surface area contributed by atoms with Gasteiger partial charge in [0, 0.05) is 9.99 Å². The molecule has 0 fully saturated rings. The molecule has 1 rings (SSSR count). The van der Waals surface area contributed by atoms with E-state index in [1.54, 1.807) is 12.1 Å². The van der Waals surface area contributed by atoms with Crippen LogP contribution in [0.4, 0.5) is 4.39 Å². The van der Waals surface area contributed by atoms with Crippen LogP contribution in [0.25, 0.3) is 0 Å². The van der Waals surface area contributed by atoms with Crippen LogP contribution >= 0.6 is 22.6 Å². The van der Waals surface area contributed by atoms with Gasteiger partial charge in [-0.3, -0.25) is 0 Å². The fourth-order valence-corrected chi connectivity index (χ4v) is 2.32. The zero-order valence-electron chi connectivity index (χ0n) is 12.0. The van der Waals surface area contributed by atoms with E-state index in [0.717, 1.165) is 0 Å². The molecular weight excluding hydrogens is 358 g/mol. The predicted molar refractivity (Wildman–Crippen MR) is 84.3 cm³/mol. The summed E-state index contributed by atoms with van der Waals surface area (Å²) in [6.07, 6.45) is 0. The molecule has 0 amide bonds. The highest BCUT2D eigenvalue weighted by Crippen LogP contribution is 2.29. The van der Waals surface area contributed by atoms with Crippen molar-refractivity contribution >= 4 is 22.6 Å². The molecule has 0 saturated carbocycles. The lowest BCUT2D eigenvalue weighted by Crippen LogP contribution is -2.31. The first-order valence-corrected chi connectivity index (χ1v) is 7.90. The molecule has 0 heterocycles. The van der Waals surface area contributed by atoms with Crippen LogP contribution < -0.4 is 0 Å². The second-order valence-electron chi connectivity index (χ2n) is 5.65. The Bertz CT molecular complexity index is 403. The predicted octanol–water partition coefficient (Wildman–Crippen LogP) is 4.31. The van der Waals surface area contributed by atoms with E-state index in [0.29, 0.717) is 23.2 Å². The van der Waals surface area contributed by atoms with E-state index >= 15 is 0 Å². The van der Waals surface area contributed by atoms with Gasteiger partial charge in [-0.2, -0.15) is 0 Å². The molecule has 0 bridgehead atoms. The highest BCUT2D eigenvalue weighted by atomic mass is 127. The van der Waals surface area contributed by atoms with Crippen molar-refractivity contribution in [3.8, 4) is 0 Å². The summed E-state index contributed by atoms with van der Waals surface area (Å²) in [4.78, 5) is 0. The molecule has 0 aliphatic heterocycles. The number of ether oxygens (including phenoxy) is 2. The van der Waals surface area contributed by atoms with Gasteiger partial charge in [-0.05, 0) is 33.8 Å². The largest absolute Gasteiger partial charge is 0.373 e. The highest BCUT2D eigenvalue weighted by Gasteiger charge is 2.29. The third-order valence-corrected chi connectivity index (χ3v) is 4.19. The normalized spacial score (nSPS) is 15.3. The number of halogens is 2. The summed E-state index contributed by atoms with van der Waals surface area (Å²) < 4.78 is 26.0. The Morgan fingerprint density at radius 1 is 1.05 bits per heavy atom. The van der Waals surface area contributed by atoms with Crippen molar-refractivity contribution in [2.75, 3.05) is 17.6 Å². The third kappa shape index (κ3) is 5.36. The third-order valence-electron chi connectivity index (χ3n) is 2.74. The standard InChI is InChI=1S/C15H22FIO2/c1-14(2,3)18-9-10-19-15(4,11-17)12-7-5-6-8-13(12)16/h5-8H,9-11H2,1-4H3. The van der Waals surface area contributed by atoms with Gasteiger partial charge in [0.05, 0.1) is 18.8 Å². The first kappa shape index (κ1) is 16.9. The molecule has 0 saturated heterocycles. The zero-order valence-corrected chi connectivity index (χ0v) is 14.2. The second-order valence-corrected chi connectivity index (χ2v) is 6.42. The van der Waals surface area contributed by atoms with E-state index in [1.165, 1.54) is 6.07 Å². The van der Waals surface area contributed by atoms with Crippen molar-refractivity contribution < 1.29 is 13.9 Å². The molecule has 0 aliphatic rings. The number of hydrogen-bond donors (Lipinski definition) is 0. The number of alkyl halides is 1. The lowest BCUT2D eigenvalue weighted by atomic mass is 9.97. The summed E-state index contributed by atoms with van der Waals surface area (Å²) in [5.41, 5.74) is -0.199. The Balaban J connectivity index is 2.64. The Kier molecular flexibility index (Phi) is 6.20. The minimum atomic E-state index is -0.618. The van der Waals surface area contributed by atoms with Gasteiger partial charge >= 0.3 is 0 Å². The summed E-state index contributed by atoms with van der Waals surface area (Å²) in [6, 6.07) is 6.76. The summed E-state index contributed by atoms with van der Waals surface area (Å²) >= 11 is 2.22. The molecule has 19 heavy (non-hydrogen) atoms. The van der Waals surface area contributed by atoms with Crippen LogP contribution in [0.3, 0.4) is 0 Å². The van der Waals surface area contributed by atoms with E-state index in [4.69, 9.17) is 9.47 Å². The fraction of sp³-hybridized carbons (Fsp3) is 0.600. The molecule has 4 heteroatoms. The van der Waals surface area contributed by atoms with Gasteiger partial charge < -0.3 is 9.47 Å². The molecule has 0 spiro atoms. The van der Waals surface area contributed by atoms with Crippen LogP contribution in [0.1, 0.15) is 33.3 Å². The van der Waals surface area contributed by atoms with Crippen molar-refractivity contribution in [3.05, 3.63) is 35.6 Å². The maximum atomic E-state index is 13.9. The molecule has 0 aromatic heterocycles. The fourth-order valence-electron chi connectivity index (χ4n) is 1.69. The van der Waals surface area contributed by atoms with Crippen LogP contribution in [0.15, 0.2) is 24.3 Å². The Morgan fingerprint density at radius 3 is 2.16 bits per heavy atom. The molecule has 1 aromatic rings. The molecule has 0 radical (unpaired) electrons. The van der Waals surface area contributed by atoms with E-state index < -0.39 is 5.60 Å². The van der Waals surface area contributed by atoms with Gasteiger partial charge in [0.25, 0.3) is 0 Å². The molecule has 1 aromatic carbocycles. The summed E-state index contributed by atoms with van der Waals surface area (Å²) in [7, 11) is 0. The Labute approximate surface area is 128 Å². The van der Waals surface area contributed by atoms with E-state index in [1.807, 2.05) is 33.8 Å². The lowest BCUT2D eigenvalue weighted by molar-refractivity contribution is -0.0791. The van der Waals surface area contributed by atoms with Crippen LogP contribution in [0, 0.1) is 5.82 Å². The van der Waals surface area contributed by atoms with Crippen molar-refractivity contribution in [1.82, 2.24) is 0 Å². The summed E-state index contributed by atoms with van der Waals surface area (Å²) in [6.45, 7) is 8.87. The van der Waals surface area contributed by atoms with Crippen molar-refractivity contribution in [2.45, 2.75) is 38.9 Å². The van der Waals surface area contributed by atoms with Crippen molar-refractivity contribution in [2.24, 2.45) is 0 Å². The van der Waals surface area contributed by atoms with E-state index in [9.17, 15) is 4.39 Å². The maximum absolute atomic E-state index is 13.9. The highest BCUT2D eigenvalue weighted by molar-refractivity contribution is 14.1. The van der Waals surface area contributed by atoms with Crippen LogP contribution in [0.2, 0.25) is 0 Å². The molecule has 1 unspecified atom stereocenters. The van der Waals surface area contributed by atoms with Crippen LogP contribution in [-0.2, 0) is 15.1 Å². The maximum Gasteiger partial charge on any atom is 0.129 e. The van der Waals surface area contributed by atoms with E-state index in [-0.39, 0.29) is 11.4 Å². The van der Waals surface area contributed by atoms with Gasteiger partial charge in [-0.1, -0.05) is 40.8 Å². The van der Waals surface area contributed by atoms with Gasteiger partial charge in [0.1, 0.15) is 11.4 Å². The van der Waals surface area contributed by atoms with Crippen LogP contribution in [-0.4, -0.2) is 23.2 Å². The second kappa shape index (κ2) is 6.99. The molecule has 108 valence electrons. The summed E-state index contributed by atoms with van der Waals surface area (Å²) in [5.74, 6) is -0.224. The van der Waals surface area contributed by atoms with Crippen molar-refractivity contribution in [3.63, 3.8) is 0 Å². The zero-order chi connectivity index (χ0) is 14.5. The number of hydrogen-bond acceptors (Lipinski definition) is 2. The van der Waals surface area contributed by atoms with Gasteiger partial charge in [0.2, 0.25) is 0 Å². The number of rotatable bonds is 6. The van der Waals surface area contributed by atoms with Gasteiger partial charge in [0.15, 0.2) is 0 Å². The lowest BCUT2D eigenvalue weighted by Gasteiger charge is -2.29. The Hall–Kier alpha value is -0.200. The van der Waals surface area contributed by atoms with Gasteiger partial charge in [-0.15, -0.1) is 0 Å². The molecule has 0 N–H and O–H groups in total. The van der Waals surface area contributed by atoms with Crippen molar-refractivity contribution in [1.29, 1.82) is 0 Å². The van der Waals surface area contributed by atoms with E-state index in [2.05, 4.69) is 22.6 Å². The quantitative estimate of drug-likeness (QED) is 0.416. The topological polar surface area (TPSA) is 18.5 Å². The summed E-state index contributed by atoms with van der Waals surface area (Å²) in [5, 5.41) is 0. The van der Waals surface area contributed by atoms with Crippen LogP contribution in [0.5, 0.6) is 0 Å². The monoisotopic (exact) mass is 380 g/mol. The first-order chi connectivity index (χ1) is 8.78. The average Bonchev–Trinajstić information content (AvgIpc) is 2.34. The molecule has 2 nitrogen and oxygen atoms in total. The average molecular weight is 380 g/mol. The number of benzene rings is 1. The molecule has 0 aliphatic carbocycles. The first-order valence-electron chi connectivity index (χ1n) is 6.37. The minimum Gasteiger partial charge on any atom is -0.373 e. The molecule has 1 atom stereocenters. The Morgan fingerprint density at radius 2 is 1.63 bits per heavy atom. The minimum absolute atomic E-state index is 0.178. The smallest absolute Gasteiger partial charge is 0.129 e. The molecular formula is C15H22FIO2. The SMILES string of the molecule is CC(C)(C)OCCOC(C)(CI)c1ccccc1F.